The molecular formula is C22H23ClN4O3. The lowest BCUT2D eigenvalue weighted by molar-refractivity contribution is -0.138. The van der Waals surface area contributed by atoms with Gasteiger partial charge in [-0.1, -0.05) is 41.9 Å². The Morgan fingerprint density at radius 1 is 1.03 bits per heavy atom. The minimum absolute atomic E-state index is 0.151. The second kappa shape index (κ2) is 8.08. The molecule has 2 fully saturated rings. The molecule has 3 N–H and O–H groups in total. The summed E-state index contributed by atoms with van der Waals surface area (Å²) in [7, 11) is 0. The van der Waals surface area contributed by atoms with Gasteiger partial charge in [0.15, 0.2) is 0 Å². The summed E-state index contributed by atoms with van der Waals surface area (Å²) >= 11 is 5.92. The highest BCUT2D eigenvalue weighted by Crippen LogP contribution is 2.34. The van der Waals surface area contributed by atoms with Crippen molar-refractivity contribution in [1.29, 1.82) is 0 Å². The Balaban J connectivity index is 1.48. The summed E-state index contributed by atoms with van der Waals surface area (Å²) < 4.78 is 0. The summed E-state index contributed by atoms with van der Waals surface area (Å²) in [6, 6.07) is 15.1. The Morgan fingerprint density at radius 2 is 1.67 bits per heavy atom. The smallest absolute Gasteiger partial charge is 0.256 e. The van der Waals surface area contributed by atoms with Crippen molar-refractivity contribution in [1.82, 2.24) is 15.1 Å². The number of halogens is 1. The molecule has 2 aromatic carbocycles. The molecule has 4 rings (SSSR count). The van der Waals surface area contributed by atoms with E-state index in [2.05, 4.69) is 5.32 Å². The van der Waals surface area contributed by atoms with Crippen molar-refractivity contribution < 1.29 is 14.4 Å². The van der Waals surface area contributed by atoms with Crippen LogP contribution >= 0.6 is 11.6 Å². The third kappa shape index (κ3) is 3.55. The Labute approximate surface area is 179 Å². The van der Waals surface area contributed by atoms with E-state index < -0.39 is 11.6 Å². The molecule has 0 saturated carbocycles. The van der Waals surface area contributed by atoms with Gasteiger partial charge in [-0.15, -0.1) is 0 Å². The minimum Gasteiger partial charge on any atom is -0.341 e. The molecule has 0 bridgehead atoms. The lowest BCUT2D eigenvalue weighted by Crippen LogP contribution is -2.59. The van der Waals surface area contributed by atoms with E-state index in [4.69, 9.17) is 17.3 Å². The molecule has 8 heteroatoms. The number of piperidine rings is 1. The average Bonchev–Trinajstić information content (AvgIpc) is 3.09. The monoisotopic (exact) mass is 426 g/mol. The number of amides is 3. The van der Waals surface area contributed by atoms with Crippen LogP contribution in [0.5, 0.6) is 0 Å². The van der Waals surface area contributed by atoms with Gasteiger partial charge in [-0.05, 0) is 42.7 Å². The van der Waals surface area contributed by atoms with Crippen LogP contribution in [0.15, 0.2) is 54.6 Å². The number of carbonyl (C=O) groups excluding carboxylic acids is 3. The van der Waals surface area contributed by atoms with Gasteiger partial charge in [-0.2, -0.15) is 0 Å². The number of nitrogens with zero attached hydrogens (tertiary/aromatic N) is 2. The van der Waals surface area contributed by atoms with E-state index in [-0.39, 0.29) is 24.4 Å². The fourth-order valence-corrected chi connectivity index (χ4v) is 4.32. The summed E-state index contributed by atoms with van der Waals surface area (Å²) in [4.78, 5) is 41.9. The largest absolute Gasteiger partial charge is 0.341 e. The van der Waals surface area contributed by atoms with Gasteiger partial charge >= 0.3 is 0 Å². The first-order chi connectivity index (χ1) is 14.4. The quantitative estimate of drug-likeness (QED) is 0.783. The molecular weight excluding hydrogens is 404 g/mol. The first-order valence-corrected chi connectivity index (χ1v) is 10.3. The summed E-state index contributed by atoms with van der Waals surface area (Å²) in [6.07, 6.45) is 0.733. The van der Waals surface area contributed by atoms with Crippen molar-refractivity contribution in [3.05, 3.63) is 70.7 Å². The van der Waals surface area contributed by atoms with E-state index in [1.807, 2.05) is 30.3 Å². The number of rotatable bonds is 3. The molecule has 0 aromatic heterocycles. The van der Waals surface area contributed by atoms with Crippen LogP contribution in [0.1, 0.15) is 34.8 Å². The highest BCUT2D eigenvalue weighted by atomic mass is 35.5. The van der Waals surface area contributed by atoms with E-state index in [1.54, 1.807) is 34.1 Å². The summed E-state index contributed by atoms with van der Waals surface area (Å²) in [5.74, 6) is -0.583. The van der Waals surface area contributed by atoms with E-state index >= 15 is 0 Å². The van der Waals surface area contributed by atoms with Crippen molar-refractivity contribution in [2.75, 3.05) is 19.8 Å². The van der Waals surface area contributed by atoms with Gasteiger partial charge in [-0.3, -0.25) is 14.4 Å². The molecule has 7 nitrogen and oxygen atoms in total. The number of likely N-dealkylation sites (tertiary alicyclic amines) is 1. The molecule has 3 amide bonds. The fraction of sp³-hybridized carbons (Fsp3) is 0.318. The molecule has 156 valence electrons. The second-order valence-corrected chi connectivity index (χ2v) is 8.09. The molecule has 2 aliphatic rings. The van der Waals surface area contributed by atoms with Gasteiger partial charge in [0.2, 0.25) is 11.8 Å². The summed E-state index contributed by atoms with van der Waals surface area (Å²) in [5.41, 5.74) is 6.43. The maximum Gasteiger partial charge on any atom is 0.256 e. The zero-order chi connectivity index (χ0) is 21.3. The molecule has 2 aromatic rings. The normalized spacial score (nSPS) is 18.9. The number of carbonyl (C=O) groups is 3. The maximum atomic E-state index is 13.1. The number of hydrogen-bond donors (Lipinski definition) is 2. The third-order valence-electron chi connectivity index (χ3n) is 6.00. The zero-order valence-electron chi connectivity index (χ0n) is 16.4. The van der Waals surface area contributed by atoms with Gasteiger partial charge in [-0.25, -0.2) is 0 Å². The highest BCUT2D eigenvalue weighted by Gasteiger charge is 2.52. The Kier molecular flexibility index (Phi) is 5.49. The molecule has 0 unspecified atom stereocenters. The van der Waals surface area contributed by atoms with E-state index in [9.17, 15) is 14.4 Å². The van der Waals surface area contributed by atoms with Crippen LogP contribution in [0.3, 0.4) is 0 Å². The Hall–Kier alpha value is -2.90. The van der Waals surface area contributed by atoms with Crippen molar-refractivity contribution in [3.63, 3.8) is 0 Å². The average molecular weight is 427 g/mol. The maximum absolute atomic E-state index is 13.1. The fourth-order valence-electron chi connectivity index (χ4n) is 4.20. The second-order valence-electron chi connectivity index (χ2n) is 7.65. The van der Waals surface area contributed by atoms with E-state index in [0.717, 1.165) is 5.56 Å². The molecule has 1 atom stereocenters. The van der Waals surface area contributed by atoms with Crippen LogP contribution in [0.4, 0.5) is 0 Å². The predicted octanol–water partition coefficient (Wildman–Crippen LogP) is 1.93. The van der Waals surface area contributed by atoms with Crippen LogP contribution in [0, 0.1) is 0 Å². The number of nitrogens with one attached hydrogen (secondary N) is 1. The predicted molar refractivity (Wildman–Crippen MR) is 113 cm³/mol. The molecule has 2 heterocycles. The molecule has 2 saturated heterocycles. The lowest BCUT2D eigenvalue weighted by atomic mass is 9.85. The van der Waals surface area contributed by atoms with Gasteiger partial charge in [0, 0.05) is 23.7 Å². The van der Waals surface area contributed by atoms with Crippen LogP contribution in [0.25, 0.3) is 0 Å². The summed E-state index contributed by atoms with van der Waals surface area (Å²) in [5, 5.41) is 3.34. The lowest BCUT2D eigenvalue weighted by Gasteiger charge is -2.42. The molecule has 1 spiro atoms. The van der Waals surface area contributed by atoms with Crippen molar-refractivity contribution in [2.24, 2.45) is 5.73 Å². The van der Waals surface area contributed by atoms with Crippen molar-refractivity contribution in [3.8, 4) is 0 Å². The molecule has 0 radical (unpaired) electrons. The topological polar surface area (TPSA) is 95.7 Å². The summed E-state index contributed by atoms with van der Waals surface area (Å²) in [6.45, 7) is 0.867. The standard InChI is InChI=1S/C22H23ClN4O3/c23-17-8-6-16(7-9-17)19(28)27-14-25-21(30)22(27)10-12-26(13-11-22)20(29)18(24)15-4-2-1-3-5-15/h1-9,18H,10-14,24H2,(H,25,30)/t18-/m0/s1. The van der Waals surface area contributed by atoms with E-state index in [0.29, 0.717) is 36.5 Å². The number of benzene rings is 2. The van der Waals surface area contributed by atoms with Crippen molar-refractivity contribution in [2.45, 2.75) is 24.4 Å². The van der Waals surface area contributed by atoms with Crippen molar-refractivity contribution >= 4 is 29.3 Å². The molecule has 2 aliphatic heterocycles. The first-order valence-electron chi connectivity index (χ1n) is 9.87. The Bertz CT molecular complexity index is 956. The van der Waals surface area contributed by atoms with Crippen LogP contribution in [-0.4, -0.2) is 52.8 Å². The molecule has 30 heavy (non-hydrogen) atoms. The highest BCUT2D eigenvalue weighted by molar-refractivity contribution is 6.30. The van der Waals surface area contributed by atoms with Crippen LogP contribution < -0.4 is 11.1 Å². The van der Waals surface area contributed by atoms with Crippen LogP contribution in [0.2, 0.25) is 5.02 Å². The van der Waals surface area contributed by atoms with Crippen LogP contribution in [-0.2, 0) is 9.59 Å². The van der Waals surface area contributed by atoms with E-state index in [1.165, 1.54) is 0 Å². The zero-order valence-corrected chi connectivity index (χ0v) is 17.1. The first kappa shape index (κ1) is 20.4. The van der Waals surface area contributed by atoms with Gasteiger partial charge < -0.3 is 20.9 Å². The van der Waals surface area contributed by atoms with Gasteiger partial charge in [0.05, 0.1) is 6.67 Å². The van der Waals surface area contributed by atoms with Gasteiger partial charge in [0.25, 0.3) is 5.91 Å². The number of hydrogen-bond acceptors (Lipinski definition) is 4. The Morgan fingerprint density at radius 3 is 2.30 bits per heavy atom. The minimum atomic E-state index is -0.954. The SMILES string of the molecule is N[C@H](C(=O)N1CCC2(CC1)C(=O)NCN2C(=O)c1ccc(Cl)cc1)c1ccccc1. The molecule has 0 aliphatic carbocycles. The van der Waals surface area contributed by atoms with Gasteiger partial charge in [0.1, 0.15) is 11.6 Å². The number of nitrogens with two attached hydrogens (primary N) is 1. The third-order valence-corrected chi connectivity index (χ3v) is 6.25.